The van der Waals surface area contributed by atoms with E-state index in [1.54, 1.807) is 11.4 Å². The van der Waals surface area contributed by atoms with Gasteiger partial charge < -0.3 is 29.7 Å². The van der Waals surface area contributed by atoms with Crippen LogP contribution in [0.2, 0.25) is 0 Å². The monoisotopic (exact) mass is 834 g/mol. The van der Waals surface area contributed by atoms with Crippen molar-refractivity contribution in [3.8, 4) is 16.5 Å². The minimum atomic E-state index is -4.21. The summed E-state index contributed by atoms with van der Waals surface area (Å²) in [5, 5.41) is 9.12. The number of nitrogens with zero attached hydrogens (tertiary/aromatic N) is 3. The van der Waals surface area contributed by atoms with Crippen molar-refractivity contribution in [2.75, 3.05) is 13.2 Å². The zero-order valence-corrected chi connectivity index (χ0v) is 33.3. The molecule has 18 heteroatoms. The van der Waals surface area contributed by atoms with E-state index in [1.165, 1.54) is 22.3 Å². The Morgan fingerprint density at radius 1 is 0.965 bits per heavy atom. The molecule has 15 nitrogen and oxygen atoms in total. The molecule has 0 spiro atoms. The van der Waals surface area contributed by atoms with Gasteiger partial charge in [0.2, 0.25) is 24.0 Å². The van der Waals surface area contributed by atoms with Crippen molar-refractivity contribution >= 4 is 67.5 Å². The molecule has 0 bridgehead atoms. The lowest BCUT2D eigenvalue weighted by molar-refractivity contribution is -0.141. The van der Waals surface area contributed by atoms with Gasteiger partial charge in [0.25, 0.3) is 15.9 Å². The molecule has 1 aromatic carbocycles. The molecule has 0 radical (unpaired) electrons. The van der Waals surface area contributed by atoms with Crippen molar-refractivity contribution in [3.05, 3.63) is 71.4 Å². The Kier molecular flexibility index (Phi) is 11.3. The number of nitrogens with one attached hydrogen (secondary N) is 3. The second kappa shape index (κ2) is 16.5. The van der Waals surface area contributed by atoms with E-state index in [9.17, 15) is 27.6 Å². The van der Waals surface area contributed by atoms with Crippen LogP contribution < -0.4 is 20.1 Å². The Labute approximate surface area is 337 Å². The second-order valence-electron chi connectivity index (χ2n) is 14.6. The van der Waals surface area contributed by atoms with Crippen molar-refractivity contribution in [3.63, 3.8) is 0 Å². The maximum absolute atomic E-state index is 14.6. The van der Waals surface area contributed by atoms with E-state index < -0.39 is 69.8 Å². The van der Waals surface area contributed by atoms with Crippen LogP contribution in [0.1, 0.15) is 57.8 Å². The van der Waals surface area contributed by atoms with Crippen molar-refractivity contribution in [1.82, 2.24) is 30.2 Å². The molecular weight excluding hydrogens is 793 g/mol. The minimum absolute atomic E-state index is 0.00867. The molecule has 300 valence electrons. The number of sulfonamides is 1. The summed E-state index contributed by atoms with van der Waals surface area (Å²) >= 11 is 2.43. The minimum Gasteiger partial charge on any atom is -0.471 e. The number of alkyl carbamates (subject to hydrolysis) is 1. The molecule has 4 aromatic rings. The Bertz CT molecular complexity index is 2260. The highest BCUT2D eigenvalue weighted by molar-refractivity contribution is 7.92. The highest BCUT2D eigenvalue weighted by atomic mass is 32.2. The average Bonchev–Trinajstić information content (AvgIpc) is 3.89. The van der Waals surface area contributed by atoms with E-state index in [0.717, 1.165) is 35.5 Å². The molecule has 3 aromatic heterocycles. The predicted molar refractivity (Wildman–Crippen MR) is 211 cm³/mol. The summed E-state index contributed by atoms with van der Waals surface area (Å²) in [5.41, 5.74) is 0.200. The van der Waals surface area contributed by atoms with Gasteiger partial charge in [-0.3, -0.25) is 14.4 Å². The Balaban J connectivity index is 1.11. The molecule has 8 rings (SSSR count). The number of allylic oxidation sites excluding steroid dienone is 1. The molecule has 4 aliphatic rings. The van der Waals surface area contributed by atoms with Gasteiger partial charge in [-0.05, 0) is 67.1 Å². The predicted octanol–water partition coefficient (Wildman–Crippen LogP) is 4.90. The molecule has 6 atom stereocenters. The van der Waals surface area contributed by atoms with E-state index in [-0.39, 0.29) is 35.9 Å². The average molecular weight is 835 g/mol. The molecule has 2 saturated heterocycles. The number of rotatable bonds is 8. The third-order valence-corrected chi connectivity index (χ3v) is 14.2. The topological polar surface area (TPSA) is 195 Å². The molecule has 3 aliphatic heterocycles. The maximum atomic E-state index is 14.6. The van der Waals surface area contributed by atoms with Crippen LogP contribution in [0.15, 0.2) is 75.7 Å². The van der Waals surface area contributed by atoms with E-state index >= 15 is 0 Å². The number of para-hydroxylation sites is 2. The number of hydrogen-bond donors (Lipinski definition) is 3. The van der Waals surface area contributed by atoms with Crippen LogP contribution in [0.4, 0.5) is 4.79 Å². The molecule has 1 unspecified atom stereocenters. The summed E-state index contributed by atoms with van der Waals surface area (Å²) in [7, 11) is -4.21. The first-order valence-corrected chi connectivity index (χ1v) is 22.3. The fraction of sp³-hybridized carbons (Fsp3) is 0.436. The molecule has 3 fully saturated rings. The van der Waals surface area contributed by atoms with Crippen molar-refractivity contribution < 1.29 is 41.8 Å². The van der Waals surface area contributed by atoms with E-state index in [1.807, 2.05) is 53.9 Å². The number of ether oxygens (including phenoxy) is 3. The molecule has 1 aliphatic carbocycles. The van der Waals surface area contributed by atoms with Crippen LogP contribution >= 0.6 is 22.7 Å². The Morgan fingerprint density at radius 3 is 2.53 bits per heavy atom. The number of carbonyl (C=O) groups is 4. The van der Waals surface area contributed by atoms with Gasteiger partial charge in [-0.1, -0.05) is 49.3 Å². The lowest BCUT2D eigenvalue weighted by Crippen LogP contribution is -2.58. The van der Waals surface area contributed by atoms with Crippen LogP contribution in [-0.2, 0) is 33.9 Å². The summed E-state index contributed by atoms with van der Waals surface area (Å²) in [6.07, 6.45) is 6.03. The van der Waals surface area contributed by atoms with Gasteiger partial charge in [-0.2, -0.15) is 0 Å². The maximum Gasteiger partial charge on any atom is 0.410 e. The van der Waals surface area contributed by atoms with Crippen LogP contribution in [-0.4, -0.2) is 90.3 Å². The molecule has 57 heavy (non-hydrogen) atoms. The quantitative estimate of drug-likeness (QED) is 0.205. The lowest BCUT2D eigenvalue weighted by Gasteiger charge is -2.30. The Morgan fingerprint density at radius 2 is 1.77 bits per heavy atom. The van der Waals surface area contributed by atoms with Crippen molar-refractivity contribution in [2.45, 2.75) is 92.0 Å². The van der Waals surface area contributed by atoms with Gasteiger partial charge in [0.1, 0.15) is 33.6 Å². The number of hydrogen-bond acceptors (Lipinski definition) is 13. The normalized spacial score (nSPS) is 27.3. The zero-order chi connectivity index (χ0) is 39.6. The number of aromatic nitrogens is 2. The first kappa shape index (κ1) is 38.9. The first-order chi connectivity index (χ1) is 27.6. The van der Waals surface area contributed by atoms with E-state index in [0.29, 0.717) is 42.6 Å². The van der Waals surface area contributed by atoms with Crippen LogP contribution in [0, 0.1) is 5.92 Å². The molecule has 4 amide bonds. The van der Waals surface area contributed by atoms with Gasteiger partial charge in [0.15, 0.2) is 0 Å². The smallest absolute Gasteiger partial charge is 0.410 e. The van der Waals surface area contributed by atoms with Crippen molar-refractivity contribution in [1.29, 1.82) is 0 Å². The third-order valence-electron chi connectivity index (χ3n) is 10.6. The number of amides is 4. The number of benzene rings is 1. The van der Waals surface area contributed by atoms with Crippen LogP contribution in [0.25, 0.3) is 21.6 Å². The number of fused-ring (bicyclic) bond motifs is 3. The fourth-order valence-electron chi connectivity index (χ4n) is 7.58. The SMILES string of the molecule is O=C(N[C@H]1CCCCC/C=C\C2C[C@@]2(C(=O)NS(=O)(=O)c2cccs2)NC(=O)[C@@H]2C[C@@H](Oc3nc4ccccc4nc3-c3cccs3)CN2C1=O)O[C@H]1CCCO1. The summed E-state index contributed by atoms with van der Waals surface area (Å²) in [6.45, 7) is 0.417. The van der Waals surface area contributed by atoms with Crippen molar-refractivity contribution in [2.24, 2.45) is 5.92 Å². The van der Waals surface area contributed by atoms with E-state index in [4.69, 9.17) is 24.2 Å². The molecule has 1 saturated carbocycles. The summed E-state index contributed by atoms with van der Waals surface area (Å²) in [4.78, 5) is 68.0. The molecule has 3 N–H and O–H groups in total. The van der Waals surface area contributed by atoms with E-state index in [2.05, 4.69) is 15.4 Å². The summed E-state index contributed by atoms with van der Waals surface area (Å²) in [6, 6.07) is 11.9. The summed E-state index contributed by atoms with van der Waals surface area (Å²) < 4.78 is 46.0. The highest BCUT2D eigenvalue weighted by Crippen LogP contribution is 2.46. The lowest BCUT2D eigenvalue weighted by atomic mass is 10.0. The largest absolute Gasteiger partial charge is 0.471 e. The number of thiophene rings is 2. The fourth-order valence-corrected chi connectivity index (χ4v) is 10.3. The van der Waals surface area contributed by atoms with Gasteiger partial charge in [0, 0.05) is 18.8 Å². The number of carbonyl (C=O) groups excluding carboxylic acids is 4. The van der Waals surface area contributed by atoms with Gasteiger partial charge in [-0.25, -0.2) is 27.9 Å². The standard InChI is InChI=1S/C39H42N6O9S3/c46-34-29-21-25(53-35-33(30-15-9-19-55-30)40-26-12-6-7-13-27(26)41-35)23-45(29)36(47)28(42-38(49)54-31-16-8-18-52-31)14-5-3-1-2-4-11-24-22-39(24,43-34)37(48)44-57(50,51)32-17-10-20-56-32/h4,6-7,9-13,15,17,19-20,24-25,28-29,31H,1-3,5,8,14,16,18,21-23H2,(H,42,49)(H,43,46)(H,44,48)/b11-4-/t24?,25-,28+,29+,31+,39-/m1/s1. The zero-order valence-electron chi connectivity index (χ0n) is 30.8. The van der Waals surface area contributed by atoms with Gasteiger partial charge >= 0.3 is 6.09 Å². The summed E-state index contributed by atoms with van der Waals surface area (Å²) in [5.74, 6) is -2.30. The third kappa shape index (κ3) is 8.54. The van der Waals surface area contributed by atoms with Crippen LogP contribution in [0.3, 0.4) is 0 Å². The first-order valence-electron chi connectivity index (χ1n) is 19.1. The molecule has 6 heterocycles. The van der Waals surface area contributed by atoms with Gasteiger partial charge in [0.05, 0.1) is 29.1 Å². The molecular formula is C39H42N6O9S3. The van der Waals surface area contributed by atoms with Gasteiger partial charge in [-0.15, -0.1) is 22.7 Å². The Hall–Kier alpha value is -4.91. The second-order valence-corrected chi connectivity index (χ2v) is 18.4. The van der Waals surface area contributed by atoms with Crippen LogP contribution in [0.5, 0.6) is 5.88 Å². The highest BCUT2D eigenvalue weighted by Gasteiger charge is 2.61.